The minimum absolute atomic E-state index is 0.00727. The summed E-state index contributed by atoms with van der Waals surface area (Å²) in [5.41, 5.74) is 0. The van der Waals surface area contributed by atoms with Crippen LogP contribution >= 0.6 is 0 Å². The summed E-state index contributed by atoms with van der Waals surface area (Å²) >= 11 is 0. The van der Waals surface area contributed by atoms with Crippen LogP contribution in [0.1, 0.15) is 25.7 Å². The molecule has 1 fully saturated rings. The number of ether oxygens (including phenoxy) is 1. The van der Waals surface area contributed by atoms with Gasteiger partial charge in [-0.25, -0.2) is 0 Å². The van der Waals surface area contributed by atoms with Crippen LogP contribution in [-0.2, 0) is 14.3 Å². The fraction of sp³-hybridized carbons (Fsp3) is 0.778. The van der Waals surface area contributed by atoms with E-state index in [1.54, 1.807) is 0 Å². The zero-order valence-corrected chi connectivity index (χ0v) is 7.84. The molecule has 13 heavy (non-hydrogen) atoms. The monoisotopic (exact) mass is 185 g/mol. The van der Waals surface area contributed by atoms with E-state index >= 15 is 0 Å². The fourth-order valence-corrected chi connectivity index (χ4v) is 1.51. The maximum absolute atomic E-state index is 11.2. The van der Waals surface area contributed by atoms with Crippen LogP contribution in [0.15, 0.2) is 0 Å². The third-order valence-corrected chi connectivity index (χ3v) is 2.32. The first-order valence-corrected chi connectivity index (χ1v) is 4.58. The molecule has 0 aromatic rings. The van der Waals surface area contributed by atoms with E-state index in [1.807, 2.05) is 0 Å². The summed E-state index contributed by atoms with van der Waals surface area (Å²) in [5, 5.41) is 2.78. The Kier molecular flexibility index (Phi) is 3.73. The van der Waals surface area contributed by atoms with Crippen LogP contribution in [0, 0.1) is 5.92 Å². The number of hydrogen-bond acceptors (Lipinski definition) is 3. The SMILES string of the molecule is COC(=O)CC[C@@H]1CCCNC1=O. The molecule has 1 aliphatic heterocycles. The molecule has 0 aromatic heterocycles. The van der Waals surface area contributed by atoms with Gasteiger partial charge in [-0.05, 0) is 19.3 Å². The van der Waals surface area contributed by atoms with Gasteiger partial charge >= 0.3 is 5.97 Å². The standard InChI is InChI=1S/C9H15NO3/c1-13-8(11)5-4-7-3-2-6-10-9(7)12/h7H,2-6H2,1H3,(H,10,12)/t7-/m0/s1. The summed E-state index contributed by atoms with van der Waals surface area (Å²) in [6, 6.07) is 0. The highest BCUT2D eigenvalue weighted by Gasteiger charge is 2.22. The summed E-state index contributed by atoms with van der Waals surface area (Å²) < 4.78 is 4.51. The first-order chi connectivity index (χ1) is 6.24. The molecule has 1 atom stereocenters. The van der Waals surface area contributed by atoms with E-state index in [-0.39, 0.29) is 17.8 Å². The van der Waals surface area contributed by atoms with Gasteiger partial charge in [-0.15, -0.1) is 0 Å². The molecule has 1 aliphatic rings. The summed E-state index contributed by atoms with van der Waals surface area (Å²) in [7, 11) is 1.36. The fourth-order valence-electron chi connectivity index (χ4n) is 1.51. The molecule has 4 nitrogen and oxygen atoms in total. The number of amides is 1. The zero-order valence-electron chi connectivity index (χ0n) is 7.84. The normalized spacial score (nSPS) is 22.2. The van der Waals surface area contributed by atoms with E-state index in [4.69, 9.17) is 0 Å². The van der Waals surface area contributed by atoms with Crippen molar-refractivity contribution in [3.05, 3.63) is 0 Å². The van der Waals surface area contributed by atoms with Crippen LogP contribution in [0.5, 0.6) is 0 Å². The van der Waals surface area contributed by atoms with Gasteiger partial charge in [0.2, 0.25) is 5.91 Å². The minimum atomic E-state index is -0.238. The Balaban J connectivity index is 2.26. The number of methoxy groups -OCH3 is 1. The third-order valence-electron chi connectivity index (χ3n) is 2.32. The molecule has 0 saturated carbocycles. The Morgan fingerprint density at radius 2 is 2.46 bits per heavy atom. The van der Waals surface area contributed by atoms with Crippen molar-refractivity contribution in [3.63, 3.8) is 0 Å². The number of piperidine rings is 1. The van der Waals surface area contributed by atoms with Gasteiger partial charge in [0, 0.05) is 18.9 Å². The Labute approximate surface area is 77.6 Å². The molecule has 0 spiro atoms. The summed E-state index contributed by atoms with van der Waals surface area (Å²) in [5.74, 6) is -0.152. The highest BCUT2D eigenvalue weighted by atomic mass is 16.5. The van der Waals surface area contributed by atoms with Gasteiger partial charge < -0.3 is 10.1 Å². The van der Waals surface area contributed by atoms with Crippen molar-refractivity contribution in [2.45, 2.75) is 25.7 Å². The molecule has 1 N–H and O–H groups in total. The van der Waals surface area contributed by atoms with Gasteiger partial charge in [-0.3, -0.25) is 9.59 Å². The van der Waals surface area contributed by atoms with E-state index in [0.717, 1.165) is 19.4 Å². The van der Waals surface area contributed by atoms with Gasteiger partial charge in [0.25, 0.3) is 0 Å². The van der Waals surface area contributed by atoms with Crippen molar-refractivity contribution in [2.24, 2.45) is 5.92 Å². The average Bonchev–Trinajstić information content (AvgIpc) is 2.16. The molecule has 1 amide bonds. The lowest BCUT2D eigenvalue weighted by Crippen LogP contribution is -2.36. The van der Waals surface area contributed by atoms with Crippen LogP contribution in [0.2, 0.25) is 0 Å². The molecule has 1 rings (SSSR count). The highest BCUT2D eigenvalue weighted by molar-refractivity contribution is 5.80. The number of rotatable bonds is 3. The molecular formula is C9H15NO3. The van der Waals surface area contributed by atoms with Crippen molar-refractivity contribution in [1.82, 2.24) is 5.32 Å². The lowest BCUT2D eigenvalue weighted by Gasteiger charge is -2.20. The first-order valence-electron chi connectivity index (χ1n) is 4.58. The molecular weight excluding hydrogens is 170 g/mol. The van der Waals surface area contributed by atoms with Crippen LogP contribution in [0.25, 0.3) is 0 Å². The minimum Gasteiger partial charge on any atom is -0.469 e. The second kappa shape index (κ2) is 4.84. The molecule has 0 aliphatic carbocycles. The Hall–Kier alpha value is -1.06. The van der Waals surface area contributed by atoms with Crippen LogP contribution in [0.3, 0.4) is 0 Å². The largest absolute Gasteiger partial charge is 0.469 e. The number of esters is 1. The smallest absolute Gasteiger partial charge is 0.305 e. The maximum Gasteiger partial charge on any atom is 0.305 e. The molecule has 1 heterocycles. The summed E-state index contributed by atoms with van der Waals surface area (Å²) in [6.07, 6.45) is 2.85. The quantitative estimate of drug-likeness (QED) is 0.650. The zero-order chi connectivity index (χ0) is 9.68. The molecule has 1 saturated heterocycles. The van der Waals surface area contributed by atoms with E-state index in [9.17, 15) is 9.59 Å². The van der Waals surface area contributed by atoms with Gasteiger partial charge in [-0.1, -0.05) is 0 Å². The Morgan fingerprint density at radius 1 is 1.69 bits per heavy atom. The van der Waals surface area contributed by atoms with Crippen molar-refractivity contribution >= 4 is 11.9 Å². The molecule has 0 radical (unpaired) electrons. The molecule has 0 bridgehead atoms. The van der Waals surface area contributed by atoms with Gasteiger partial charge in [0.15, 0.2) is 0 Å². The number of nitrogens with one attached hydrogen (secondary N) is 1. The number of hydrogen-bond donors (Lipinski definition) is 1. The van der Waals surface area contributed by atoms with Crippen molar-refractivity contribution in [1.29, 1.82) is 0 Å². The van der Waals surface area contributed by atoms with E-state index in [1.165, 1.54) is 7.11 Å². The van der Waals surface area contributed by atoms with Crippen LogP contribution < -0.4 is 5.32 Å². The predicted molar refractivity (Wildman–Crippen MR) is 47.0 cm³/mol. The lowest BCUT2D eigenvalue weighted by molar-refractivity contribution is -0.141. The molecule has 0 aromatic carbocycles. The highest BCUT2D eigenvalue weighted by Crippen LogP contribution is 2.17. The van der Waals surface area contributed by atoms with Gasteiger partial charge in [0.1, 0.15) is 0 Å². The van der Waals surface area contributed by atoms with Gasteiger partial charge in [-0.2, -0.15) is 0 Å². The average molecular weight is 185 g/mol. The number of carbonyl (C=O) groups is 2. The van der Waals surface area contributed by atoms with E-state index < -0.39 is 0 Å². The maximum atomic E-state index is 11.2. The van der Waals surface area contributed by atoms with E-state index in [0.29, 0.717) is 12.8 Å². The van der Waals surface area contributed by atoms with Crippen molar-refractivity contribution in [2.75, 3.05) is 13.7 Å². The molecule has 4 heteroatoms. The lowest BCUT2D eigenvalue weighted by atomic mass is 9.94. The van der Waals surface area contributed by atoms with E-state index in [2.05, 4.69) is 10.1 Å². The predicted octanol–water partition coefficient (Wildman–Crippen LogP) is 0.466. The second-order valence-corrected chi connectivity index (χ2v) is 3.24. The van der Waals surface area contributed by atoms with Crippen molar-refractivity contribution in [3.8, 4) is 0 Å². The van der Waals surface area contributed by atoms with Crippen LogP contribution in [-0.4, -0.2) is 25.5 Å². The Morgan fingerprint density at radius 3 is 3.08 bits per heavy atom. The molecule has 74 valence electrons. The van der Waals surface area contributed by atoms with Crippen LogP contribution in [0.4, 0.5) is 0 Å². The first kappa shape index (κ1) is 10.0. The summed E-state index contributed by atoms with van der Waals surface area (Å²) in [4.78, 5) is 22.0. The second-order valence-electron chi connectivity index (χ2n) is 3.24. The van der Waals surface area contributed by atoms with Crippen molar-refractivity contribution < 1.29 is 14.3 Å². The molecule has 0 unspecified atom stereocenters. The number of carbonyl (C=O) groups excluding carboxylic acids is 2. The third kappa shape index (κ3) is 3.05. The topological polar surface area (TPSA) is 55.4 Å². The van der Waals surface area contributed by atoms with Gasteiger partial charge in [0.05, 0.1) is 7.11 Å². The Bertz CT molecular complexity index is 203. The summed E-state index contributed by atoms with van der Waals surface area (Å²) in [6.45, 7) is 0.771.